The lowest BCUT2D eigenvalue weighted by molar-refractivity contribution is -0.115. The van der Waals surface area contributed by atoms with Gasteiger partial charge in [0, 0.05) is 10.6 Å². The van der Waals surface area contributed by atoms with Gasteiger partial charge in [0.25, 0.3) is 5.91 Å². The molecule has 2 N–H and O–H groups in total. The highest BCUT2D eigenvalue weighted by atomic mass is 32.2. The molecule has 1 heterocycles. The fourth-order valence-corrected chi connectivity index (χ4v) is 4.68. The predicted octanol–water partition coefficient (Wildman–Crippen LogP) is 5.81. The zero-order valence-corrected chi connectivity index (χ0v) is 18.1. The average molecular weight is 452 g/mol. The third kappa shape index (κ3) is 5.10. The van der Waals surface area contributed by atoms with E-state index in [9.17, 15) is 14.0 Å². The first-order valence-corrected chi connectivity index (χ1v) is 11.2. The highest BCUT2D eigenvalue weighted by Crippen LogP contribution is 2.29. The predicted molar refractivity (Wildman–Crippen MR) is 124 cm³/mol. The molecule has 0 spiro atoms. The van der Waals surface area contributed by atoms with Gasteiger partial charge in [-0.1, -0.05) is 41.7 Å². The topological polar surface area (TPSA) is 71.1 Å². The van der Waals surface area contributed by atoms with Gasteiger partial charge in [0.2, 0.25) is 5.91 Å². The van der Waals surface area contributed by atoms with E-state index in [4.69, 9.17) is 0 Å². The number of hydrogen-bond acceptors (Lipinski definition) is 5. The van der Waals surface area contributed by atoms with Gasteiger partial charge in [0.15, 0.2) is 5.13 Å². The number of halogens is 1. The number of nitrogens with one attached hydrogen (secondary N) is 2. The molecule has 31 heavy (non-hydrogen) atoms. The van der Waals surface area contributed by atoms with Crippen molar-refractivity contribution in [2.75, 3.05) is 10.6 Å². The van der Waals surface area contributed by atoms with Crippen molar-refractivity contribution in [2.45, 2.75) is 17.1 Å². The Balaban J connectivity index is 1.40. The monoisotopic (exact) mass is 451 g/mol. The van der Waals surface area contributed by atoms with Crippen molar-refractivity contribution in [3.05, 3.63) is 84.2 Å². The zero-order chi connectivity index (χ0) is 21.8. The third-order valence-corrected chi connectivity index (χ3v) is 6.46. The highest BCUT2D eigenvalue weighted by molar-refractivity contribution is 8.00. The highest BCUT2D eigenvalue weighted by Gasteiger charge is 2.17. The first-order chi connectivity index (χ1) is 15.0. The van der Waals surface area contributed by atoms with E-state index < -0.39 is 11.7 Å². The van der Waals surface area contributed by atoms with Crippen LogP contribution in [0.2, 0.25) is 0 Å². The van der Waals surface area contributed by atoms with E-state index in [1.54, 1.807) is 31.2 Å². The quantitative estimate of drug-likeness (QED) is 0.363. The molecule has 156 valence electrons. The van der Waals surface area contributed by atoms with Gasteiger partial charge in [0.1, 0.15) is 5.82 Å². The van der Waals surface area contributed by atoms with E-state index in [0.29, 0.717) is 10.8 Å². The number of amides is 2. The molecule has 4 aromatic rings. The molecule has 0 aliphatic heterocycles. The lowest BCUT2D eigenvalue weighted by atomic mass is 10.2. The maximum absolute atomic E-state index is 13.8. The molecule has 0 saturated carbocycles. The number of aromatic nitrogens is 1. The second kappa shape index (κ2) is 9.28. The normalized spacial score (nSPS) is 11.8. The van der Waals surface area contributed by atoms with Crippen LogP contribution >= 0.6 is 23.1 Å². The van der Waals surface area contributed by atoms with Crippen LogP contribution < -0.4 is 10.6 Å². The Hall–Kier alpha value is -3.23. The van der Waals surface area contributed by atoms with E-state index in [-0.39, 0.29) is 16.7 Å². The Labute approximate surface area is 186 Å². The lowest BCUT2D eigenvalue weighted by Gasteiger charge is -2.12. The molecule has 5 nitrogen and oxygen atoms in total. The number of hydrogen-bond donors (Lipinski definition) is 2. The summed E-state index contributed by atoms with van der Waals surface area (Å²) in [5, 5.41) is 5.73. The summed E-state index contributed by atoms with van der Waals surface area (Å²) >= 11 is 2.78. The number of benzene rings is 3. The number of fused-ring (bicyclic) bond motifs is 1. The number of thioether (sulfide) groups is 1. The van der Waals surface area contributed by atoms with Crippen LogP contribution in [0, 0.1) is 5.82 Å². The van der Waals surface area contributed by atoms with Gasteiger partial charge in [-0.05, 0) is 49.4 Å². The van der Waals surface area contributed by atoms with E-state index in [1.165, 1.54) is 41.3 Å². The molecular formula is C23H18FN3O2S2. The minimum Gasteiger partial charge on any atom is -0.322 e. The molecule has 8 heteroatoms. The number of rotatable bonds is 6. The summed E-state index contributed by atoms with van der Waals surface area (Å²) in [5.41, 5.74) is 1.35. The molecule has 0 radical (unpaired) electrons. The minimum absolute atomic E-state index is 0.0239. The molecule has 2 amide bonds. The largest absolute Gasteiger partial charge is 0.322 e. The Bertz CT molecular complexity index is 1230. The summed E-state index contributed by atoms with van der Waals surface area (Å²) in [4.78, 5) is 30.2. The van der Waals surface area contributed by atoms with Crippen LogP contribution in [-0.2, 0) is 4.79 Å². The molecule has 1 aromatic heterocycles. The van der Waals surface area contributed by atoms with Gasteiger partial charge in [-0.3, -0.25) is 9.59 Å². The van der Waals surface area contributed by atoms with E-state index in [0.717, 1.165) is 15.1 Å². The fourth-order valence-electron chi connectivity index (χ4n) is 2.88. The SMILES string of the molecule is CC(Sc1cccc(NC(=O)c2ccccc2F)c1)C(=O)Nc1nc2ccccc2s1. The summed E-state index contributed by atoms with van der Waals surface area (Å²) < 4.78 is 14.8. The second-order valence-electron chi connectivity index (χ2n) is 6.70. The van der Waals surface area contributed by atoms with E-state index in [2.05, 4.69) is 15.6 Å². The number of carbonyl (C=O) groups excluding carboxylic acids is 2. The zero-order valence-electron chi connectivity index (χ0n) is 16.5. The molecule has 1 atom stereocenters. The Kier molecular flexibility index (Phi) is 6.29. The standard InChI is InChI=1S/C23H18FN3O2S2/c1-14(21(28)27-23-26-19-11-4-5-12-20(19)31-23)30-16-8-6-7-15(13-16)25-22(29)17-9-2-3-10-18(17)24/h2-14H,1H3,(H,25,29)(H,26,27,28). The van der Waals surface area contributed by atoms with Crippen LogP contribution in [0.3, 0.4) is 0 Å². The number of para-hydroxylation sites is 1. The first-order valence-electron chi connectivity index (χ1n) is 9.48. The smallest absolute Gasteiger partial charge is 0.258 e. The number of anilines is 2. The lowest BCUT2D eigenvalue weighted by Crippen LogP contribution is -2.22. The summed E-state index contributed by atoms with van der Waals surface area (Å²) in [5.74, 6) is -1.27. The van der Waals surface area contributed by atoms with Gasteiger partial charge in [-0.2, -0.15) is 0 Å². The molecular weight excluding hydrogens is 433 g/mol. The third-order valence-electron chi connectivity index (χ3n) is 4.42. The van der Waals surface area contributed by atoms with Gasteiger partial charge in [-0.15, -0.1) is 11.8 Å². The molecule has 0 aliphatic rings. The van der Waals surface area contributed by atoms with Crippen molar-refractivity contribution in [3.8, 4) is 0 Å². The minimum atomic E-state index is -0.578. The molecule has 1 unspecified atom stereocenters. The molecule has 0 bridgehead atoms. The van der Waals surface area contributed by atoms with Crippen LogP contribution in [0.25, 0.3) is 10.2 Å². The summed E-state index contributed by atoms with van der Waals surface area (Å²) in [6.45, 7) is 1.80. The molecule has 0 aliphatic carbocycles. The summed E-state index contributed by atoms with van der Waals surface area (Å²) in [7, 11) is 0. The summed E-state index contributed by atoms with van der Waals surface area (Å²) in [6, 6.07) is 20.6. The van der Waals surface area contributed by atoms with Gasteiger partial charge in [-0.25, -0.2) is 9.37 Å². The summed E-state index contributed by atoms with van der Waals surface area (Å²) in [6.07, 6.45) is 0. The van der Waals surface area contributed by atoms with Gasteiger partial charge in [0.05, 0.1) is 21.0 Å². The molecule has 0 fully saturated rings. The van der Waals surface area contributed by atoms with Gasteiger partial charge >= 0.3 is 0 Å². The van der Waals surface area contributed by atoms with E-state index in [1.807, 2.05) is 30.3 Å². The Morgan fingerprint density at radius 3 is 2.58 bits per heavy atom. The maximum Gasteiger partial charge on any atom is 0.258 e. The van der Waals surface area contributed by atoms with Crippen molar-refractivity contribution in [1.29, 1.82) is 0 Å². The van der Waals surface area contributed by atoms with Crippen LogP contribution in [0.15, 0.2) is 77.7 Å². The van der Waals surface area contributed by atoms with Gasteiger partial charge < -0.3 is 10.6 Å². The molecule has 0 saturated heterocycles. The maximum atomic E-state index is 13.8. The Morgan fingerprint density at radius 1 is 1.00 bits per heavy atom. The number of thiazole rings is 1. The van der Waals surface area contributed by atoms with Crippen LogP contribution in [0.4, 0.5) is 15.2 Å². The van der Waals surface area contributed by atoms with E-state index >= 15 is 0 Å². The van der Waals surface area contributed by atoms with Crippen molar-refractivity contribution >= 4 is 55.9 Å². The second-order valence-corrected chi connectivity index (χ2v) is 9.14. The number of nitrogens with zero attached hydrogens (tertiary/aromatic N) is 1. The van der Waals surface area contributed by atoms with Crippen molar-refractivity contribution in [2.24, 2.45) is 0 Å². The fraction of sp³-hybridized carbons (Fsp3) is 0.0870. The van der Waals surface area contributed by atoms with Crippen molar-refractivity contribution in [1.82, 2.24) is 4.98 Å². The van der Waals surface area contributed by atoms with Crippen LogP contribution in [0.5, 0.6) is 0 Å². The molecule has 4 rings (SSSR count). The average Bonchev–Trinajstić information content (AvgIpc) is 3.16. The van der Waals surface area contributed by atoms with Crippen molar-refractivity contribution < 1.29 is 14.0 Å². The Morgan fingerprint density at radius 2 is 1.77 bits per heavy atom. The molecule has 3 aromatic carbocycles. The first kappa shape index (κ1) is 21.0. The number of carbonyl (C=O) groups is 2. The van der Waals surface area contributed by atoms with Crippen LogP contribution in [0.1, 0.15) is 17.3 Å². The van der Waals surface area contributed by atoms with Crippen molar-refractivity contribution in [3.63, 3.8) is 0 Å². The van der Waals surface area contributed by atoms with Crippen LogP contribution in [-0.4, -0.2) is 22.0 Å².